The summed E-state index contributed by atoms with van der Waals surface area (Å²) in [4.78, 5) is 11.9. The van der Waals surface area contributed by atoms with Crippen LogP contribution in [0, 0.1) is 0 Å². The molecule has 0 fully saturated rings. The standard InChI is InChI=1S/C16H18N2O2/c17-15(13-4-2-1-3-5-13)16(20)18-11-10-12-6-8-14(19)9-7-12/h1-9,15,19H,10-11,17H2,(H,18,20)/t15-/m1/s1. The van der Waals surface area contributed by atoms with Gasteiger partial charge in [-0.05, 0) is 29.7 Å². The molecule has 104 valence electrons. The molecule has 2 aromatic rings. The van der Waals surface area contributed by atoms with Crippen molar-refractivity contribution in [2.75, 3.05) is 6.54 Å². The highest BCUT2D eigenvalue weighted by Gasteiger charge is 2.14. The molecule has 1 atom stereocenters. The third-order valence-electron chi connectivity index (χ3n) is 3.09. The molecule has 0 aliphatic carbocycles. The lowest BCUT2D eigenvalue weighted by Gasteiger charge is -2.12. The summed E-state index contributed by atoms with van der Waals surface area (Å²) in [6.45, 7) is 0.518. The molecular formula is C16H18N2O2. The van der Waals surface area contributed by atoms with E-state index in [-0.39, 0.29) is 11.7 Å². The summed E-state index contributed by atoms with van der Waals surface area (Å²) in [5.41, 5.74) is 7.75. The first-order valence-corrected chi connectivity index (χ1v) is 6.53. The number of benzene rings is 2. The zero-order valence-corrected chi connectivity index (χ0v) is 11.1. The van der Waals surface area contributed by atoms with E-state index in [0.29, 0.717) is 13.0 Å². The molecule has 1 amide bonds. The fraction of sp³-hybridized carbons (Fsp3) is 0.188. The number of carbonyl (C=O) groups is 1. The van der Waals surface area contributed by atoms with Crippen molar-refractivity contribution >= 4 is 5.91 Å². The number of amides is 1. The molecule has 0 aliphatic heterocycles. The lowest BCUT2D eigenvalue weighted by molar-refractivity contribution is -0.122. The highest BCUT2D eigenvalue weighted by atomic mass is 16.3. The number of rotatable bonds is 5. The van der Waals surface area contributed by atoms with E-state index in [1.54, 1.807) is 12.1 Å². The molecule has 2 rings (SSSR count). The molecule has 4 nitrogen and oxygen atoms in total. The Bertz CT molecular complexity index is 552. The Morgan fingerprint density at radius 1 is 1.10 bits per heavy atom. The third kappa shape index (κ3) is 3.83. The molecule has 0 saturated heterocycles. The molecule has 0 aliphatic rings. The number of nitrogens with one attached hydrogen (secondary N) is 1. The van der Waals surface area contributed by atoms with Gasteiger partial charge in [-0.1, -0.05) is 42.5 Å². The van der Waals surface area contributed by atoms with Gasteiger partial charge < -0.3 is 16.2 Å². The van der Waals surface area contributed by atoms with E-state index in [4.69, 9.17) is 5.73 Å². The first kappa shape index (κ1) is 14.1. The Kier molecular flexibility index (Phi) is 4.74. The summed E-state index contributed by atoms with van der Waals surface area (Å²) in [5, 5.41) is 12.0. The number of phenols is 1. The van der Waals surface area contributed by atoms with E-state index >= 15 is 0 Å². The first-order valence-electron chi connectivity index (χ1n) is 6.53. The van der Waals surface area contributed by atoms with Crippen molar-refractivity contribution in [1.29, 1.82) is 0 Å². The van der Waals surface area contributed by atoms with Gasteiger partial charge in [-0.3, -0.25) is 4.79 Å². The van der Waals surface area contributed by atoms with Crippen LogP contribution in [0.5, 0.6) is 5.75 Å². The van der Waals surface area contributed by atoms with Crippen LogP contribution in [0.3, 0.4) is 0 Å². The lowest BCUT2D eigenvalue weighted by atomic mass is 10.1. The number of phenolic OH excluding ortho intramolecular Hbond substituents is 1. The molecule has 0 unspecified atom stereocenters. The Hall–Kier alpha value is -2.33. The van der Waals surface area contributed by atoms with Crippen LogP contribution < -0.4 is 11.1 Å². The van der Waals surface area contributed by atoms with Gasteiger partial charge in [-0.15, -0.1) is 0 Å². The molecule has 0 radical (unpaired) electrons. The van der Waals surface area contributed by atoms with E-state index in [1.165, 1.54) is 0 Å². The zero-order valence-electron chi connectivity index (χ0n) is 11.1. The topological polar surface area (TPSA) is 75.4 Å². The maximum absolute atomic E-state index is 11.9. The molecular weight excluding hydrogens is 252 g/mol. The third-order valence-corrected chi connectivity index (χ3v) is 3.09. The Labute approximate surface area is 118 Å². The molecule has 2 aromatic carbocycles. The summed E-state index contributed by atoms with van der Waals surface area (Å²) >= 11 is 0. The summed E-state index contributed by atoms with van der Waals surface area (Å²) in [6, 6.07) is 15.6. The lowest BCUT2D eigenvalue weighted by Crippen LogP contribution is -2.35. The first-order chi connectivity index (χ1) is 9.66. The molecule has 0 aromatic heterocycles. The Morgan fingerprint density at radius 2 is 1.75 bits per heavy atom. The van der Waals surface area contributed by atoms with Gasteiger partial charge in [0.05, 0.1) is 0 Å². The monoisotopic (exact) mass is 270 g/mol. The van der Waals surface area contributed by atoms with E-state index in [9.17, 15) is 9.90 Å². The molecule has 20 heavy (non-hydrogen) atoms. The molecule has 0 bridgehead atoms. The van der Waals surface area contributed by atoms with Gasteiger partial charge in [0.1, 0.15) is 11.8 Å². The maximum Gasteiger partial charge on any atom is 0.241 e. The van der Waals surface area contributed by atoms with E-state index < -0.39 is 6.04 Å². The second-order valence-corrected chi connectivity index (χ2v) is 4.60. The number of hydrogen-bond acceptors (Lipinski definition) is 3. The molecule has 0 saturated carbocycles. The predicted octanol–water partition coefficient (Wildman–Crippen LogP) is 1.75. The van der Waals surface area contributed by atoms with Crippen molar-refractivity contribution in [3.8, 4) is 5.75 Å². The molecule has 0 heterocycles. The fourth-order valence-corrected chi connectivity index (χ4v) is 1.91. The minimum absolute atomic E-state index is 0.185. The molecule has 0 spiro atoms. The Morgan fingerprint density at radius 3 is 2.40 bits per heavy atom. The highest BCUT2D eigenvalue weighted by Crippen LogP contribution is 2.11. The minimum Gasteiger partial charge on any atom is -0.508 e. The van der Waals surface area contributed by atoms with Crippen LogP contribution in [0.4, 0.5) is 0 Å². The smallest absolute Gasteiger partial charge is 0.241 e. The van der Waals surface area contributed by atoms with Crippen molar-refractivity contribution in [3.63, 3.8) is 0 Å². The van der Waals surface area contributed by atoms with Crippen LogP contribution in [0.1, 0.15) is 17.2 Å². The summed E-state index contributed by atoms with van der Waals surface area (Å²) in [6.07, 6.45) is 0.702. The van der Waals surface area contributed by atoms with E-state index in [0.717, 1.165) is 11.1 Å². The SMILES string of the molecule is N[C@@H](C(=O)NCCc1ccc(O)cc1)c1ccccc1. The summed E-state index contributed by atoms with van der Waals surface area (Å²) < 4.78 is 0. The van der Waals surface area contributed by atoms with Crippen LogP contribution in [0.25, 0.3) is 0 Å². The van der Waals surface area contributed by atoms with Crippen LogP contribution in [-0.2, 0) is 11.2 Å². The van der Waals surface area contributed by atoms with Crippen molar-refractivity contribution in [2.24, 2.45) is 5.73 Å². The van der Waals surface area contributed by atoms with Gasteiger partial charge in [0.2, 0.25) is 5.91 Å². The van der Waals surface area contributed by atoms with Crippen molar-refractivity contribution in [1.82, 2.24) is 5.32 Å². The summed E-state index contributed by atoms with van der Waals surface area (Å²) in [5.74, 6) is 0.0545. The normalized spacial score (nSPS) is 11.8. The van der Waals surface area contributed by atoms with Crippen molar-refractivity contribution in [2.45, 2.75) is 12.5 Å². The van der Waals surface area contributed by atoms with Crippen molar-refractivity contribution < 1.29 is 9.90 Å². The number of nitrogens with two attached hydrogens (primary N) is 1. The minimum atomic E-state index is -0.643. The second-order valence-electron chi connectivity index (χ2n) is 4.60. The largest absolute Gasteiger partial charge is 0.508 e. The van der Waals surface area contributed by atoms with Gasteiger partial charge >= 0.3 is 0 Å². The average Bonchev–Trinajstić information content (AvgIpc) is 2.49. The number of carbonyl (C=O) groups excluding carboxylic acids is 1. The highest BCUT2D eigenvalue weighted by molar-refractivity contribution is 5.82. The van der Waals surface area contributed by atoms with Crippen LogP contribution in [0.15, 0.2) is 54.6 Å². The fourth-order valence-electron chi connectivity index (χ4n) is 1.91. The van der Waals surface area contributed by atoms with Gasteiger partial charge in [0.25, 0.3) is 0 Å². The summed E-state index contributed by atoms with van der Waals surface area (Å²) in [7, 11) is 0. The van der Waals surface area contributed by atoms with Gasteiger partial charge in [-0.2, -0.15) is 0 Å². The van der Waals surface area contributed by atoms with Crippen LogP contribution in [-0.4, -0.2) is 17.6 Å². The van der Waals surface area contributed by atoms with E-state index in [1.807, 2.05) is 42.5 Å². The molecule has 4 N–H and O–H groups in total. The van der Waals surface area contributed by atoms with Crippen LogP contribution in [0.2, 0.25) is 0 Å². The van der Waals surface area contributed by atoms with Gasteiger partial charge in [0, 0.05) is 6.54 Å². The quantitative estimate of drug-likeness (QED) is 0.774. The average molecular weight is 270 g/mol. The number of hydrogen-bond donors (Lipinski definition) is 3. The predicted molar refractivity (Wildman–Crippen MR) is 78.2 cm³/mol. The second kappa shape index (κ2) is 6.73. The Balaban J connectivity index is 1.82. The van der Waals surface area contributed by atoms with Crippen LogP contribution >= 0.6 is 0 Å². The molecule has 4 heteroatoms. The van der Waals surface area contributed by atoms with Gasteiger partial charge in [-0.25, -0.2) is 0 Å². The van der Waals surface area contributed by atoms with Gasteiger partial charge in [0.15, 0.2) is 0 Å². The van der Waals surface area contributed by atoms with E-state index in [2.05, 4.69) is 5.32 Å². The maximum atomic E-state index is 11.9. The van der Waals surface area contributed by atoms with Crippen molar-refractivity contribution in [3.05, 3.63) is 65.7 Å². The number of aromatic hydroxyl groups is 1. The zero-order chi connectivity index (χ0) is 14.4.